The Bertz CT molecular complexity index is 900. The topological polar surface area (TPSA) is 49.4 Å². The first-order valence-corrected chi connectivity index (χ1v) is 9.99. The Morgan fingerprint density at radius 3 is 2.59 bits per heavy atom. The predicted molar refractivity (Wildman–Crippen MR) is 116 cm³/mol. The number of nitrogens with one attached hydrogen (secondary N) is 1. The van der Waals surface area contributed by atoms with Crippen LogP contribution in [-0.4, -0.2) is 27.6 Å². The minimum Gasteiger partial charge on any atom is -0.326 e. The summed E-state index contributed by atoms with van der Waals surface area (Å²) in [6.45, 7) is 0.409. The second kappa shape index (κ2) is 9.17. The van der Waals surface area contributed by atoms with E-state index in [-0.39, 0.29) is 11.8 Å². The van der Waals surface area contributed by atoms with E-state index < -0.39 is 0 Å². The van der Waals surface area contributed by atoms with Gasteiger partial charge in [0.2, 0.25) is 5.91 Å². The van der Waals surface area contributed by atoms with E-state index in [1.54, 1.807) is 17.0 Å². The van der Waals surface area contributed by atoms with Gasteiger partial charge in [-0.15, -0.1) is 0 Å². The van der Waals surface area contributed by atoms with Crippen molar-refractivity contribution in [3.8, 4) is 0 Å². The van der Waals surface area contributed by atoms with Gasteiger partial charge in [0.25, 0.3) is 5.91 Å². The lowest BCUT2D eigenvalue weighted by Crippen LogP contribution is -2.29. The molecule has 4 nitrogen and oxygen atoms in total. The number of rotatable bonds is 6. The summed E-state index contributed by atoms with van der Waals surface area (Å²) < 4.78 is 0.502. The van der Waals surface area contributed by atoms with Crippen LogP contribution in [0.3, 0.4) is 0 Å². The molecule has 7 heteroatoms. The number of hydrogen-bond acceptors (Lipinski definition) is 4. The molecule has 0 spiro atoms. The second-order valence-electron chi connectivity index (χ2n) is 5.87. The number of thioether (sulfide) groups is 1. The molecule has 1 saturated heterocycles. The van der Waals surface area contributed by atoms with Gasteiger partial charge in [0, 0.05) is 23.7 Å². The van der Waals surface area contributed by atoms with Crippen LogP contribution in [0.1, 0.15) is 18.4 Å². The maximum absolute atomic E-state index is 12.6. The van der Waals surface area contributed by atoms with E-state index in [2.05, 4.69) is 5.32 Å². The molecular formula is C20H17ClN2O2S2. The number of benzene rings is 2. The number of carbonyl (C=O) groups excluding carboxylic acids is 2. The summed E-state index contributed by atoms with van der Waals surface area (Å²) >= 11 is 12.7. The lowest BCUT2D eigenvalue weighted by molar-refractivity contribution is -0.122. The molecule has 0 saturated carbocycles. The zero-order chi connectivity index (χ0) is 19.2. The first kappa shape index (κ1) is 19.6. The predicted octanol–water partition coefficient (Wildman–Crippen LogP) is 4.96. The van der Waals surface area contributed by atoms with Gasteiger partial charge in [0.1, 0.15) is 4.32 Å². The van der Waals surface area contributed by atoms with Crippen molar-refractivity contribution < 1.29 is 9.59 Å². The standard InChI is InChI=1S/C20H17ClN2O2S2/c21-16-10-5-4-7-14(16)13-17-19(25)23(20(26)27-17)12-6-11-18(24)22-15-8-2-1-3-9-15/h1-5,7-10,13H,6,11-12H2,(H,22,24)/b17-13-. The van der Waals surface area contributed by atoms with Gasteiger partial charge in [-0.1, -0.05) is 72.0 Å². The van der Waals surface area contributed by atoms with Gasteiger partial charge in [-0.05, 0) is 36.3 Å². The van der Waals surface area contributed by atoms with Gasteiger partial charge in [0.15, 0.2) is 0 Å². The summed E-state index contributed by atoms with van der Waals surface area (Å²) in [6.07, 6.45) is 2.60. The number of halogens is 1. The van der Waals surface area contributed by atoms with E-state index >= 15 is 0 Å². The maximum Gasteiger partial charge on any atom is 0.266 e. The van der Waals surface area contributed by atoms with Crippen molar-refractivity contribution in [2.75, 3.05) is 11.9 Å². The Morgan fingerprint density at radius 2 is 1.85 bits per heavy atom. The summed E-state index contributed by atoms with van der Waals surface area (Å²) in [6, 6.07) is 16.6. The average Bonchev–Trinajstić information content (AvgIpc) is 2.92. The molecule has 0 radical (unpaired) electrons. The number of nitrogens with zero attached hydrogens (tertiary/aromatic N) is 1. The number of thiocarbonyl (C=S) groups is 1. The van der Waals surface area contributed by atoms with Crippen LogP contribution in [-0.2, 0) is 9.59 Å². The van der Waals surface area contributed by atoms with Crippen LogP contribution >= 0.6 is 35.6 Å². The van der Waals surface area contributed by atoms with Crippen LogP contribution in [0.5, 0.6) is 0 Å². The van der Waals surface area contributed by atoms with E-state index in [0.29, 0.717) is 33.6 Å². The normalized spacial score (nSPS) is 15.4. The molecule has 0 unspecified atom stereocenters. The van der Waals surface area contributed by atoms with E-state index in [1.807, 2.05) is 48.5 Å². The molecular weight excluding hydrogens is 400 g/mol. The molecule has 1 N–H and O–H groups in total. The van der Waals surface area contributed by atoms with Crippen molar-refractivity contribution in [2.24, 2.45) is 0 Å². The van der Waals surface area contributed by atoms with Crippen molar-refractivity contribution in [2.45, 2.75) is 12.8 Å². The van der Waals surface area contributed by atoms with E-state index in [9.17, 15) is 9.59 Å². The molecule has 138 valence electrons. The van der Waals surface area contributed by atoms with E-state index in [0.717, 1.165) is 11.3 Å². The Morgan fingerprint density at radius 1 is 1.15 bits per heavy atom. The molecule has 1 aliphatic heterocycles. The quantitative estimate of drug-likeness (QED) is 0.534. The third-order valence-corrected chi connectivity index (χ3v) is 5.63. The third kappa shape index (κ3) is 5.19. The minimum absolute atomic E-state index is 0.0850. The molecule has 1 aliphatic rings. The third-order valence-electron chi connectivity index (χ3n) is 3.91. The highest BCUT2D eigenvalue weighted by Gasteiger charge is 2.31. The van der Waals surface area contributed by atoms with Gasteiger partial charge in [-0.2, -0.15) is 0 Å². The fraction of sp³-hybridized carbons (Fsp3) is 0.150. The zero-order valence-corrected chi connectivity index (χ0v) is 16.7. The average molecular weight is 417 g/mol. The molecule has 2 aromatic carbocycles. The molecule has 0 aromatic heterocycles. The Balaban J connectivity index is 1.55. The van der Waals surface area contributed by atoms with Crippen molar-refractivity contribution in [3.05, 3.63) is 70.1 Å². The van der Waals surface area contributed by atoms with Crippen molar-refractivity contribution in [1.29, 1.82) is 0 Å². The summed E-state index contributed by atoms with van der Waals surface area (Å²) in [5, 5.41) is 3.41. The highest BCUT2D eigenvalue weighted by molar-refractivity contribution is 8.26. The van der Waals surface area contributed by atoms with Crippen LogP contribution < -0.4 is 5.32 Å². The SMILES string of the molecule is O=C(CCCN1C(=O)/C(=C/c2ccccc2Cl)SC1=S)Nc1ccccc1. The summed E-state index contributed by atoms with van der Waals surface area (Å²) in [5.41, 5.74) is 1.54. The van der Waals surface area contributed by atoms with E-state index in [4.69, 9.17) is 23.8 Å². The molecule has 1 fully saturated rings. The van der Waals surface area contributed by atoms with Gasteiger partial charge in [-0.25, -0.2) is 0 Å². The Hall–Kier alpha value is -2.15. The number of amides is 2. The van der Waals surface area contributed by atoms with Crippen LogP contribution in [0.4, 0.5) is 5.69 Å². The largest absolute Gasteiger partial charge is 0.326 e. The number of hydrogen-bond donors (Lipinski definition) is 1. The molecule has 0 atom stereocenters. The molecule has 27 heavy (non-hydrogen) atoms. The summed E-state index contributed by atoms with van der Waals surface area (Å²) in [7, 11) is 0. The highest BCUT2D eigenvalue weighted by Crippen LogP contribution is 2.33. The van der Waals surface area contributed by atoms with Crippen LogP contribution in [0.15, 0.2) is 59.5 Å². The fourth-order valence-electron chi connectivity index (χ4n) is 2.57. The second-order valence-corrected chi connectivity index (χ2v) is 7.96. The molecule has 3 rings (SSSR count). The Labute approximate surface area is 172 Å². The fourth-order valence-corrected chi connectivity index (χ4v) is 4.06. The minimum atomic E-state index is -0.145. The summed E-state index contributed by atoms with van der Waals surface area (Å²) in [5.74, 6) is -0.230. The van der Waals surface area contributed by atoms with Gasteiger partial charge in [-0.3, -0.25) is 14.5 Å². The molecule has 0 bridgehead atoms. The Kier molecular flexibility index (Phi) is 6.66. The van der Waals surface area contributed by atoms with Crippen LogP contribution in [0, 0.1) is 0 Å². The molecule has 0 aliphatic carbocycles. The van der Waals surface area contributed by atoms with Crippen molar-refractivity contribution in [3.63, 3.8) is 0 Å². The molecule has 1 heterocycles. The smallest absolute Gasteiger partial charge is 0.266 e. The van der Waals surface area contributed by atoms with Gasteiger partial charge >= 0.3 is 0 Å². The van der Waals surface area contributed by atoms with E-state index in [1.165, 1.54) is 11.8 Å². The first-order chi connectivity index (χ1) is 13.0. The van der Waals surface area contributed by atoms with Crippen LogP contribution in [0.2, 0.25) is 5.02 Å². The summed E-state index contributed by atoms with van der Waals surface area (Å²) in [4.78, 5) is 26.7. The van der Waals surface area contributed by atoms with Crippen LogP contribution in [0.25, 0.3) is 6.08 Å². The lowest BCUT2D eigenvalue weighted by atomic mass is 10.2. The zero-order valence-electron chi connectivity index (χ0n) is 14.4. The first-order valence-electron chi connectivity index (χ1n) is 8.39. The number of para-hydroxylation sites is 1. The van der Waals surface area contributed by atoms with Crippen molar-refractivity contribution in [1.82, 2.24) is 4.90 Å². The molecule has 2 amide bonds. The monoisotopic (exact) mass is 416 g/mol. The van der Waals surface area contributed by atoms with Gasteiger partial charge < -0.3 is 5.32 Å². The van der Waals surface area contributed by atoms with Gasteiger partial charge in [0.05, 0.1) is 4.91 Å². The number of anilines is 1. The molecule has 2 aromatic rings. The van der Waals surface area contributed by atoms with Crippen molar-refractivity contribution >= 4 is 63.5 Å². The highest BCUT2D eigenvalue weighted by atomic mass is 35.5. The lowest BCUT2D eigenvalue weighted by Gasteiger charge is -2.14. The maximum atomic E-state index is 12.6. The number of carbonyl (C=O) groups is 2.